The first-order chi connectivity index (χ1) is 8.24. The van der Waals surface area contributed by atoms with Crippen molar-refractivity contribution in [1.29, 1.82) is 0 Å². The molecule has 0 aliphatic carbocycles. The number of unbranched alkanes of at least 4 members (excludes halogenated alkanes) is 4. The maximum Gasteiger partial charge on any atom is 0.0361 e. The largest absolute Gasteiger partial charge is 0.350 e. The van der Waals surface area contributed by atoms with Gasteiger partial charge in [0.15, 0.2) is 0 Å². The van der Waals surface area contributed by atoms with Crippen molar-refractivity contribution < 1.29 is 0 Å². The lowest BCUT2D eigenvalue weighted by atomic mass is 10.1. The van der Waals surface area contributed by atoms with Crippen molar-refractivity contribution in [3.8, 4) is 0 Å². The standard InChI is InChI=1S/C15H28N2/c1-4-5-6-7-8-11-17-12-9-10-15(17)13-16-14(2)3/h9-10,12,14,16H,4-8,11,13H2,1-3H3. The van der Waals surface area contributed by atoms with Crippen LogP contribution in [0.4, 0.5) is 0 Å². The van der Waals surface area contributed by atoms with Crippen LogP contribution in [0.2, 0.25) is 0 Å². The molecular weight excluding hydrogens is 208 g/mol. The molecule has 0 amide bonds. The molecule has 1 heterocycles. The fraction of sp³-hybridized carbons (Fsp3) is 0.733. The summed E-state index contributed by atoms with van der Waals surface area (Å²) >= 11 is 0. The molecular formula is C15H28N2. The number of nitrogens with zero attached hydrogens (tertiary/aromatic N) is 1. The lowest BCUT2D eigenvalue weighted by molar-refractivity contribution is 0.528. The summed E-state index contributed by atoms with van der Waals surface area (Å²) in [6.07, 6.45) is 8.97. The quantitative estimate of drug-likeness (QED) is 0.642. The van der Waals surface area contributed by atoms with Gasteiger partial charge in [-0.3, -0.25) is 0 Å². The van der Waals surface area contributed by atoms with E-state index in [1.807, 2.05) is 0 Å². The highest BCUT2D eigenvalue weighted by Crippen LogP contribution is 2.08. The summed E-state index contributed by atoms with van der Waals surface area (Å²) < 4.78 is 2.39. The molecule has 0 radical (unpaired) electrons. The van der Waals surface area contributed by atoms with E-state index in [-0.39, 0.29) is 0 Å². The molecule has 0 aliphatic heterocycles. The molecule has 1 rings (SSSR count). The Kier molecular flexibility index (Phi) is 7.02. The number of aryl methyl sites for hydroxylation is 1. The molecule has 0 aromatic carbocycles. The summed E-state index contributed by atoms with van der Waals surface area (Å²) in [6.45, 7) is 8.81. The van der Waals surface area contributed by atoms with E-state index in [0.717, 1.165) is 6.54 Å². The van der Waals surface area contributed by atoms with Gasteiger partial charge >= 0.3 is 0 Å². The Balaban J connectivity index is 2.25. The van der Waals surface area contributed by atoms with Crippen molar-refractivity contribution in [2.24, 2.45) is 0 Å². The fourth-order valence-electron chi connectivity index (χ4n) is 2.02. The average molecular weight is 236 g/mol. The zero-order valence-corrected chi connectivity index (χ0v) is 11.7. The van der Waals surface area contributed by atoms with Gasteiger partial charge in [0, 0.05) is 31.0 Å². The summed E-state index contributed by atoms with van der Waals surface area (Å²) in [7, 11) is 0. The second-order valence-electron chi connectivity index (χ2n) is 5.14. The van der Waals surface area contributed by atoms with Gasteiger partial charge in [0.1, 0.15) is 0 Å². The Morgan fingerprint density at radius 3 is 2.65 bits per heavy atom. The number of nitrogens with one attached hydrogen (secondary N) is 1. The van der Waals surface area contributed by atoms with E-state index in [1.54, 1.807) is 0 Å². The zero-order chi connectivity index (χ0) is 12.5. The molecule has 1 N–H and O–H groups in total. The van der Waals surface area contributed by atoms with Gasteiger partial charge in [0.05, 0.1) is 0 Å². The highest BCUT2D eigenvalue weighted by atomic mass is 15.0. The number of rotatable bonds is 9. The van der Waals surface area contributed by atoms with Gasteiger partial charge in [-0.25, -0.2) is 0 Å². The molecule has 17 heavy (non-hydrogen) atoms. The molecule has 0 fully saturated rings. The molecule has 98 valence electrons. The number of hydrogen-bond acceptors (Lipinski definition) is 1. The minimum absolute atomic E-state index is 0.558. The molecule has 0 saturated heterocycles. The van der Waals surface area contributed by atoms with Crippen molar-refractivity contribution in [3.05, 3.63) is 24.0 Å². The van der Waals surface area contributed by atoms with Gasteiger partial charge in [-0.05, 0) is 18.6 Å². The first kappa shape index (κ1) is 14.3. The van der Waals surface area contributed by atoms with E-state index < -0.39 is 0 Å². The second-order valence-corrected chi connectivity index (χ2v) is 5.14. The molecule has 0 saturated carbocycles. The fourth-order valence-corrected chi connectivity index (χ4v) is 2.02. The van der Waals surface area contributed by atoms with E-state index >= 15 is 0 Å². The van der Waals surface area contributed by atoms with Crippen molar-refractivity contribution >= 4 is 0 Å². The van der Waals surface area contributed by atoms with Crippen LogP contribution in [0.3, 0.4) is 0 Å². The third-order valence-electron chi connectivity index (χ3n) is 3.12. The second kappa shape index (κ2) is 8.35. The summed E-state index contributed by atoms with van der Waals surface area (Å²) in [4.78, 5) is 0. The van der Waals surface area contributed by atoms with Crippen molar-refractivity contribution in [1.82, 2.24) is 9.88 Å². The smallest absolute Gasteiger partial charge is 0.0361 e. The van der Waals surface area contributed by atoms with Crippen molar-refractivity contribution in [2.75, 3.05) is 0 Å². The van der Waals surface area contributed by atoms with Crippen LogP contribution in [0.5, 0.6) is 0 Å². The van der Waals surface area contributed by atoms with Crippen molar-refractivity contribution in [3.63, 3.8) is 0 Å². The van der Waals surface area contributed by atoms with Crippen LogP contribution in [-0.2, 0) is 13.1 Å². The maximum absolute atomic E-state index is 3.48. The van der Waals surface area contributed by atoms with Crippen LogP contribution < -0.4 is 5.32 Å². The predicted molar refractivity (Wildman–Crippen MR) is 75.2 cm³/mol. The molecule has 0 unspecified atom stereocenters. The van der Waals surface area contributed by atoms with Crippen LogP contribution in [0.25, 0.3) is 0 Å². The van der Waals surface area contributed by atoms with E-state index in [4.69, 9.17) is 0 Å². The summed E-state index contributed by atoms with van der Waals surface area (Å²) in [5, 5.41) is 3.48. The Hall–Kier alpha value is -0.760. The molecule has 1 aromatic heterocycles. The SMILES string of the molecule is CCCCCCCn1cccc1CNC(C)C. The summed E-state index contributed by atoms with van der Waals surface area (Å²) in [5.41, 5.74) is 1.41. The highest BCUT2D eigenvalue weighted by Gasteiger charge is 2.01. The Morgan fingerprint density at radius 1 is 1.18 bits per heavy atom. The first-order valence-corrected chi connectivity index (χ1v) is 7.11. The molecule has 2 nitrogen and oxygen atoms in total. The topological polar surface area (TPSA) is 17.0 Å². The maximum atomic E-state index is 3.48. The minimum atomic E-state index is 0.558. The lowest BCUT2D eigenvalue weighted by Crippen LogP contribution is -2.23. The molecule has 0 atom stereocenters. The van der Waals surface area contributed by atoms with E-state index in [1.165, 1.54) is 44.3 Å². The van der Waals surface area contributed by atoms with Gasteiger partial charge < -0.3 is 9.88 Å². The van der Waals surface area contributed by atoms with Crippen molar-refractivity contribution in [2.45, 2.75) is 72.0 Å². The Labute approximate surface area is 106 Å². The average Bonchev–Trinajstić information content (AvgIpc) is 2.73. The zero-order valence-electron chi connectivity index (χ0n) is 11.7. The van der Waals surface area contributed by atoms with Gasteiger partial charge in [-0.15, -0.1) is 0 Å². The highest BCUT2D eigenvalue weighted by molar-refractivity contribution is 5.06. The third kappa shape index (κ3) is 5.92. The van der Waals surface area contributed by atoms with Crippen LogP contribution in [-0.4, -0.2) is 10.6 Å². The van der Waals surface area contributed by atoms with Crippen LogP contribution in [0, 0.1) is 0 Å². The Bertz CT molecular complexity index is 289. The summed E-state index contributed by atoms with van der Waals surface area (Å²) in [6, 6.07) is 4.94. The van der Waals surface area contributed by atoms with E-state index in [2.05, 4.69) is 49.0 Å². The molecule has 2 heteroatoms. The Morgan fingerprint density at radius 2 is 1.94 bits per heavy atom. The predicted octanol–water partition coefficient (Wildman–Crippen LogP) is 3.96. The molecule has 0 aliphatic rings. The number of hydrogen-bond donors (Lipinski definition) is 1. The number of aromatic nitrogens is 1. The van der Waals surface area contributed by atoms with Crippen LogP contribution in [0.15, 0.2) is 18.3 Å². The van der Waals surface area contributed by atoms with Gasteiger partial charge in [-0.1, -0.05) is 46.5 Å². The molecule has 0 spiro atoms. The van der Waals surface area contributed by atoms with Gasteiger partial charge in [0.2, 0.25) is 0 Å². The lowest BCUT2D eigenvalue weighted by Gasteiger charge is -2.12. The first-order valence-electron chi connectivity index (χ1n) is 7.11. The summed E-state index contributed by atoms with van der Waals surface area (Å²) in [5.74, 6) is 0. The normalized spacial score (nSPS) is 11.3. The van der Waals surface area contributed by atoms with Crippen LogP contribution in [0.1, 0.15) is 58.6 Å². The molecule has 1 aromatic rings. The van der Waals surface area contributed by atoms with E-state index in [0.29, 0.717) is 6.04 Å². The molecule has 0 bridgehead atoms. The van der Waals surface area contributed by atoms with Crippen LogP contribution >= 0.6 is 0 Å². The van der Waals surface area contributed by atoms with Gasteiger partial charge in [-0.2, -0.15) is 0 Å². The monoisotopic (exact) mass is 236 g/mol. The van der Waals surface area contributed by atoms with Gasteiger partial charge in [0.25, 0.3) is 0 Å². The van der Waals surface area contributed by atoms with E-state index in [9.17, 15) is 0 Å². The third-order valence-corrected chi connectivity index (χ3v) is 3.12. The minimum Gasteiger partial charge on any atom is -0.350 e.